The number of fused-ring (bicyclic) bond motifs is 1. The molecule has 0 aromatic heterocycles. The Hall–Kier alpha value is -4.14. The zero-order chi connectivity index (χ0) is 52.0. The Balaban J connectivity index is 1.75. The minimum absolute atomic E-state index is 0.107. The van der Waals surface area contributed by atoms with Gasteiger partial charge in [-0.2, -0.15) is 0 Å². The van der Waals surface area contributed by atoms with E-state index in [0.717, 1.165) is 0 Å². The molecule has 0 radical (unpaired) electrons. The Kier molecular flexibility index (Phi) is 19.1. The molecule has 5 amide bonds. The number of carbonyl (C=O) groups is 6. The SMILES string of the molecule is CC(C)(C)OC(=O)NCC[C@H](O)C(=O)N[C@@H]1C[C@@H](NC(=O)OC(C)(C)C)C(O[C@H]2OC(C=O)CCC2NC(=O)OC(C)(C)C)C(O)[C@H]1O[C@H]1OC2COC(C)(C)O[C@H]2[C@H](NC(=O)OC(C)(C)C)C1O. The highest BCUT2D eigenvalue weighted by Crippen LogP contribution is 2.36. The van der Waals surface area contributed by atoms with Gasteiger partial charge in [0.05, 0.1) is 30.8 Å². The zero-order valence-corrected chi connectivity index (χ0v) is 42.3. The molecule has 0 aromatic rings. The Morgan fingerprint density at radius 3 is 1.70 bits per heavy atom. The third kappa shape index (κ3) is 18.2. The number of amides is 5. The van der Waals surface area contributed by atoms with Crippen LogP contribution in [0.1, 0.15) is 123 Å². The van der Waals surface area contributed by atoms with Gasteiger partial charge in [0.15, 0.2) is 18.4 Å². The number of hydrogen-bond donors (Lipinski definition) is 8. The van der Waals surface area contributed by atoms with Crippen molar-refractivity contribution in [3.63, 3.8) is 0 Å². The highest BCUT2D eigenvalue weighted by molar-refractivity contribution is 5.81. The van der Waals surface area contributed by atoms with E-state index in [1.165, 1.54) is 0 Å². The first-order valence-electron chi connectivity index (χ1n) is 23.3. The fraction of sp³-hybridized carbons (Fsp3) is 0.867. The predicted molar refractivity (Wildman–Crippen MR) is 240 cm³/mol. The van der Waals surface area contributed by atoms with E-state index in [4.69, 9.17) is 47.4 Å². The quantitative estimate of drug-likeness (QED) is 0.0965. The summed E-state index contributed by atoms with van der Waals surface area (Å²) in [5.74, 6) is -2.16. The molecule has 396 valence electrons. The fourth-order valence-corrected chi connectivity index (χ4v) is 7.86. The summed E-state index contributed by atoms with van der Waals surface area (Å²) in [4.78, 5) is 77.9. The average Bonchev–Trinajstić information content (AvgIpc) is 3.16. The lowest BCUT2D eigenvalue weighted by Gasteiger charge is -2.52. The molecular formula is C45H77N5O19. The van der Waals surface area contributed by atoms with Crippen LogP contribution in [-0.4, -0.2) is 179 Å². The molecule has 4 rings (SSSR count). The molecule has 3 saturated heterocycles. The summed E-state index contributed by atoms with van der Waals surface area (Å²) in [5.41, 5.74) is -3.65. The first-order chi connectivity index (χ1) is 31.6. The Morgan fingerprint density at radius 2 is 1.16 bits per heavy atom. The summed E-state index contributed by atoms with van der Waals surface area (Å²) in [6, 6.07) is -4.87. The van der Waals surface area contributed by atoms with Crippen LogP contribution in [0.4, 0.5) is 19.2 Å². The summed E-state index contributed by atoms with van der Waals surface area (Å²) in [5, 5.41) is 48.8. The van der Waals surface area contributed by atoms with Crippen molar-refractivity contribution in [2.24, 2.45) is 0 Å². The molecule has 0 bridgehead atoms. The Labute approximate surface area is 403 Å². The van der Waals surface area contributed by atoms with E-state index in [1.807, 2.05) is 0 Å². The number of alkyl carbamates (subject to hydrolysis) is 4. The van der Waals surface area contributed by atoms with Gasteiger partial charge in [0.1, 0.15) is 77.5 Å². The first-order valence-corrected chi connectivity index (χ1v) is 23.3. The van der Waals surface area contributed by atoms with Gasteiger partial charge in [-0.15, -0.1) is 0 Å². The van der Waals surface area contributed by atoms with Gasteiger partial charge in [-0.25, -0.2) is 19.2 Å². The number of carbonyl (C=O) groups excluding carboxylic acids is 6. The summed E-state index contributed by atoms with van der Waals surface area (Å²) >= 11 is 0. The van der Waals surface area contributed by atoms with Gasteiger partial charge >= 0.3 is 24.4 Å². The number of aliphatic hydroxyl groups is 3. The number of hydrogen-bond acceptors (Lipinski definition) is 19. The van der Waals surface area contributed by atoms with Gasteiger partial charge in [-0.1, -0.05) is 0 Å². The van der Waals surface area contributed by atoms with Crippen LogP contribution < -0.4 is 26.6 Å². The van der Waals surface area contributed by atoms with Crippen LogP contribution >= 0.6 is 0 Å². The molecule has 3 aliphatic heterocycles. The molecule has 1 aliphatic carbocycles. The lowest BCUT2D eigenvalue weighted by molar-refractivity contribution is -0.376. The Bertz CT molecular complexity index is 1780. The molecule has 0 aromatic carbocycles. The molecule has 4 aliphatic rings. The lowest BCUT2D eigenvalue weighted by atomic mass is 9.83. The number of rotatable bonds is 13. The van der Waals surface area contributed by atoms with E-state index in [1.54, 1.807) is 96.9 Å². The standard InChI is InChI=1S/C45H77N5O19/c1-41(2,3)66-37(56)46-18-17-26(52)34(55)47-24-19-25(49-39(58)68-43(7,8)9)32(63-35-23(16-15-22(20-51)61-35)48-38(57)67-42(4,5)6)30(54)31(24)64-36-29(53)28(50-40(59)69-44(10,11)12)33-27(62-36)21-60-45(13,14)65-33/h20,22-33,35-36,52-54H,15-19,21H2,1-14H3,(H,46,56)(H,47,55)(H,48,57)(H,49,58)(H,50,59)/t22?,23?,24-,25-,26+,27?,28-,29?,30?,31+,32?,33-,35-,36-/m1/s1. The summed E-state index contributed by atoms with van der Waals surface area (Å²) in [6.07, 6.45) is -18.1. The van der Waals surface area contributed by atoms with Crippen LogP contribution in [0.25, 0.3) is 0 Å². The van der Waals surface area contributed by atoms with E-state index in [2.05, 4.69) is 26.6 Å². The van der Waals surface area contributed by atoms with Crippen LogP contribution in [0.2, 0.25) is 0 Å². The Morgan fingerprint density at radius 1 is 0.667 bits per heavy atom. The van der Waals surface area contributed by atoms with Gasteiger partial charge in [0.2, 0.25) is 5.91 Å². The number of ether oxygens (including phenoxy) is 10. The minimum atomic E-state index is -1.92. The van der Waals surface area contributed by atoms with Crippen molar-refractivity contribution in [2.45, 2.75) is 236 Å². The summed E-state index contributed by atoms with van der Waals surface area (Å²) < 4.78 is 58.9. The molecule has 8 N–H and O–H groups in total. The van der Waals surface area contributed by atoms with Crippen LogP contribution in [0, 0.1) is 0 Å². The highest BCUT2D eigenvalue weighted by Gasteiger charge is 2.56. The van der Waals surface area contributed by atoms with E-state index in [9.17, 15) is 44.1 Å². The van der Waals surface area contributed by atoms with Crippen molar-refractivity contribution < 1.29 is 91.5 Å². The van der Waals surface area contributed by atoms with Crippen molar-refractivity contribution in [3.8, 4) is 0 Å². The van der Waals surface area contributed by atoms with Crippen LogP contribution in [0.15, 0.2) is 0 Å². The fourth-order valence-electron chi connectivity index (χ4n) is 7.86. The largest absolute Gasteiger partial charge is 0.444 e. The molecular weight excluding hydrogens is 915 g/mol. The molecule has 24 heteroatoms. The van der Waals surface area contributed by atoms with Gasteiger partial charge in [0.25, 0.3) is 0 Å². The third-order valence-corrected chi connectivity index (χ3v) is 10.6. The number of aliphatic hydroxyl groups excluding tert-OH is 3. The molecule has 24 nitrogen and oxygen atoms in total. The maximum absolute atomic E-state index is 13.8. The third-order valence-electron chi connectivity index (χ3n) is 10.6. The van der Waals surface area contributed by atoms with Crippen molar-refractivity contribution in [1.82, 2.24) is 26.6 Å². The van der Waals surface area contributed by atoms with E-state index >= 15 is 0 Å². The number of aldehydes is 1. The second-order valence-corrected chi connectivity index (χ2v) is 22.0. The second-order valence-electron chi connectivity index (χ2n) is 22.0. The topological polar surface area (TPSA) is 316 Å². The molecule has 6 unspecified atom stereocenters. The van der Waals surface area contributed by atoms with Gasteiger partial charge in [-0.05, 0) is 123 Å². The smallest absolute Gasteiger partial charge is 0.408 e. The molecule has 1 saturated carbocycles. The van der Waals surface area contributed by atoms with Gasteiger partial charge in [0, 0.05) is 6.54 Å². The van der Waals surface area contributed by atoms with Crippen LogP contribution in [-0.2, 0) is 57.0 Å². The maximum Gasteiger partial charge on any atom is 0.408 e. The minimum Gasteiger partial charge on any atom is -0.444 e. The maximum atomic E-state index is 13.8. The monoisotopic (exact) mass is 992 g/mol. The van der Waals surface area contributed by atoms with Crippen LogP contribution in [0.3, 0.4) is 0 Å². The van der Waals surface area contributed by atoms with E-state index in [-0.39, 0.29) is 38.8 Å². The highest BCUT2D eigenvalue weighted by atomic mass is 16.8. The summed E-state index contributed by atoms with van der Waals surface area (Å²) in [6.45, 7) is 22.8. The zero-order valence-electron chi connectivity index (χ0n) is 42.3. The lowest BCUT2D eigenvalue weighted by Crippen LogP contribution is -2.72. The molecule has 14 atom stereocenters. The van der Waals surface area contributed by atoms with Crippen molar-refractivity contribution in [2.75, 3.05) is 13.2 Å². The van der Waals surface area contributed by atoms with Gasteiger partial charge in [-0.3, -0.25) is 4.79 Å². The number of nitrogens with one attached hydrogen (secondary N) is 5. The molecule has 0 spiro atoms. The molecule has 4 fully saturated rings. The molecule has 3 heterocycles. The predicted octanol–water partition coefficient (Wildman–Crippen LogP) is 1.90. The van der Waals surface area contributed by atoms with Gasteiger partial charge < -0.3 is 94.1 Å². The first kappa shape index (κ1) is 57.4. The van der Waals surface area contributed by atoms with Crippen LogP contribution in [0.5, 0.6) is 0 Å². The van der Waals surface area contributed by atoms with Crippen molar-refractivity contribution in [1.29, 1.82) is 0 Å². The second kappa shape index (κ2) is 22.9. The van der Waals surface area contributed by atoms with E-state index in [0.29, 0.717) is 6.29 Å². The average molecular weight is 992 g/mol. The molecule has 69 heavy (non-hydrogen) atoms. The summed E-state index contributed by atoms with van der Waals surface area (Å²) in [7, 11) is 0. The van der Waals surface area contributed by atoms with Crippen molar-refractivity contribution in [3.05, 3.63) is 0 Å². The van der Waals surface area contributed by atoms with Crippen molar-refractivity contribution >= 4 is 36.6 Å². The normalized spacial score (nSPS) is 32.2. The van der Waals surface area contributed by atoms with E-state index < -0.39 is 144 Å².